The summed E-state index contributed by atoms with van der Waals surface area (Å²) in [4.78, 5) is 4.99. The first kappa shape index (κ1) is 17.6. The van der Waals surface area contributed by atoms with Crippen LogP contribution < -0.4 is 10.6 Å². The third kappa shape index (κ3) is 3.65. The zero-order chi connectivity index (χ0) is 18.0. The molecule has 0 aromatic heterocycles. The monoisotopic (exact) mass is 381 g/mol. The molecule has 1 spiro atoms. The van der Waals surface area contributed by atoms with E-state index in [1.54, 1.807) is 0 Å². The van der Waals surface area contributed by atoms with Crippen LogP contribution in [0.4, 0.5) is 11.4 Å². The molecular weight excluding hydrogens is 360 g/mol. The third-order valence-corrected chi connectivity index (χ3v) is 5.84. The first-order valence-electron chi connectivity index (χ1n) is 9.04. The SMILES string of the molecule is [Si]N1CCCC2(CC1)Nc1ccccc1NC2=NCc1cccc(Cl)c1. The van der Waals surface area contributed by atoms with Gasteiger partial charge in [0.05, 0.1) is 23.5 Å². The molecule has 26 heavy (non-hydrogen) atoms. The number of hydrogen-bond donors (Lipinski definition) is 2. The maximum absolute atomic E-state index is 6.13. The van der Waals surface area contributed by atoms with E-state index in [0.717, 1.165) is 60.1 Å². The summed E-state index contributed by atoms with van der Waals surface area (Å²) in [6.07, 6.45) is 3.15. The molecule has 2 heterocycles. The lowest BCUT2D eigenvalue weighted by molar-refractivity contribution is 0.461. The van der Waals surface area contributed by atoms with E-state index in [9.17, 15) is 0 Å². The summed E-state index contributed by atoms with van der Waals surface area (Å²) in [6, 6.07) is 16.3. The van der Waals surface area contributed by atoms with Crippen molar-refractivity contribution in [2.75, 3.05) is 23.7 Å². The van der Waals surface area contributed by atoms with Crippen molar-refractivity contribution in [1.82, 2.24) is 4.57 Å². The summed E-state index contributed by atoms with van der Waals surface area (Å²) in [5.74, 6) is 1.03. The van der Waals surface area contributed by atoms with Crippen molar-refractivity contribution in [1.29, 1.82) is 0 Å². The molecule has 0 amide bonds. The number of para-hydroxylation sites is 2. The van der Waals surface area contributed by atoms with Gasteiger partial charge in [-0.25, -0.2) is 0 Å². The molecule has 0 saturated carbocycles. The molecule has 0 aliphatic carbocycles. The second-order valence-corrected chi connectivity index (χ2v) is 8.08. The van der Waals surface area contributed by atoms with Gasteiger partial charge in [-0.15, -0.1) is 0 Å². The zero-order valence-corrected chi connectivity index (χ0v) is 16.4. The number of hydrogen-bond acceptors (Lipinski definition) is 3. The van der Waals surface area contributed by atoms with Gasteiger partial charge < -0.3 is 15.2 Å². The van der Waals surface area contributed by atoms with Crippen LogP contribution in [0.25, 0.3) is 0 Å². The average Bonchev–Trinajstić information content (AvgIpc) is 2.82. The number of nitrogens with zero attached hydrogens (tertiary/aromatic N) is 2. The fourth-order valence-corrected chi connectivity index (χ4v) is 4.24. The second kappa shape index (κ2) is 7.43. The summed E-state index contributed by atoms with van der Waals surface area (Å²) >= 11 is 6.13. The number of halogens is 1. The van der Waals surface area contributed by atoms with E-state index in [-0.39, 0.29) is 5.54 Å². The van der Waals surface area contributed by atoms with Gasteiger partial charge in [-0.3, -0.25) is 4.99 Å². The second-order valence-electron chi connectivity index (χ2n) is 7.01. The number of nitrogens with one attached hydrogen (secondary N) is 2. The van der Waals surface area contributed by atoms with E-state index in [2.05, 4.69) is 49.9 Å². The Morgan fingerprint density at radius 1 is 1.08 bits per heavy atom. The van der Waals surface area contributed by atoms with Crippen molar-refractivity contribution in [3.8, 4) is 0 Å². The fraction of sp³-hybridized carbons (Fsp3) is 0.350. The average molecular weight is 382 g/mol. The largest absolute Gasteiger partial charge is 0.371 e. The lowest BCUT2D eigenvalue weighted by Gasteiger charge is -2.41. The molecule has 2 aromatic rings. The molecule has 2 aliphatic rings. The lowest BCUT2D eigenvalue weighted by Crippen LogP contribution is -2.53. The molecule has 1 atom stereocenters. The Bertz CT molecular complexity index is 825. The number of rotatable bonds is 2. The topological polar surface area (TPSA) is 39.7 Å². The number of anilines is 2. The van der Waals surface area contributed by atoms with Gasteiger partial charge in [0.15, 0.2) is 0 Å². The van der Waals surface area contributed by atoms with E-state index in [1.807, 2.05) is 24.3 Å². The van der Waals surface area contributed by atoms with Crippen LogP contribution in [0.2, 0.25) is 5.02 Å². The number of fused-ring (bicyclic) bond motifs is 1. The summed E-state index contributed by atoms with van der Waals surface area (Å²) in [7, 11) is 3.71. The van der Waals surface area contributed by atoms with Crippen LogP contribution in [0.5, 0.6) is 0 Å². The van der Waals surface area contributed by atoms with E-state index in [1.165, 1.54) is 0 Å². The summed E-state index contributed by atoms with van der Waals surface area (Å²) in [5.41, 5.74) is 3.20. The highest BCUT2D eigenvalue weighted by Crippen LogP contribution is 2.37. The van der Waals surface area contributed by atoms with Crippen LogP contribution in [0.15, 0.2) is 53.5 Å². The van der Waals surface area contributed by atoms with Crippen LogP contribution >= 0.6 is 11.6 Å². The molecule has 6 heteroatoms. The van der Waals surface area contributed by atoms with E-state index in [4.69, 9.17) is 16.6 Å². The van der Waals surface area contributed by atoms with Crippen molar-refractivity contribution in [3.63, 3.8) is 0 Å². The first-order chi connectivity index (χ1) is 12.6. The van der Waals surface area contributed by atoms with Crippen molar-refractivity contribution in [2.24, 2.45) is 4.99 Å². The Kier molecular flexibility index (Phi) is 5.02. The number of aliphatic imine (C=N–C) groups is 1. The molecule has 2 aromatic carbocycles. The van der Waals surface area contributed by atoms with Crippen LogP contribution in [-0.4, -0.2) is 39.4 Å². The molecule has 1 unspecified atom stereocenters. The highest BCUT2D eigenvalue weighted by molar-refractivity contribution is 6.30. The Hall–Kier alpha value is -1.82. The molecule has 1 saturated heterocycles. The van der Waals surface area contributed by atoms with Crippen molar-refractivity contribution < 1.29 is 0 Å². The molecule has 1 fully saturated rings. The summed E-state index contributed by atoms with van der Waals surface area (Å²) in [6.45, 7) is 2.64. The Morgan fingerprint density at radius 3 is 2.77 bits per heavy atom. The molecular formula is C20H22ClN4Si. The quantitative estimate of drug-likeness (QED) is 0.770. The minimum atomic E-state index is -0.158. The van der Waals surface area contributed by atoms with Crippen LogP contribution in [-0.2, 0) is 6.54 Å². The van der Waals surface area contributed by atoms with Gasteiger partial charge in [0.2, 0.25) is 0 Å². The maximum atomic E-state index is 6.13. The van der Waals surface area contributed by atoms with Gasteiger partial charge >= 0.3 is 0 Å². The highest BCUT2D eigenvalue weighted by atomic mass is 35.5. The molecule has 2 aliphatic heterocycles. The Balaban J connectivity index is 1.67. The zero-order valence-electron chi connectivity index (χ0n) is 14.6. The molecule has 133 valence electrons. The molecule has 4 rings (SSSR count). The molecule has 0 bridgehead atoms. The number of amidine groups is 1. The maximum Gasteiger partial charge on any atom is 0.143 e. The molecule has 3 radical (unpaired) electrons. The Morgan fingerprint density at radius 2 is 1.92 bits per heavy atom. The van der Waals surface area contributed by atoms with Crippen molar-refractivity contribution in [3.05, 3.63) is 59.1 Å². The summed E-state index contributed by atoms with van der Waals surface area (Å²) in [5, 5.41) is 8.16. The van der Waals surface area contributed by atoms with Gasteiger partial charge in [-0.05, 0) is 62.2 Å². The van der Waals surface area contributed by atoms with Gasteiger partial charge in [-0.2, -0.15) is 0 Å². The predicted molar refractivity (Wildman–Crippen MR) is 110 cm³/mol. The van der Waals surface area contributed by atoms with Gasteiger partial charge in [0.1, 0.15) is 16.2 Å². The first-order valence-corrected chi connectivity index (χ1v) is 9.87. The third-order valence-electron chi connectivity index (χ3n) is 5.16. The van der Waals surface area contributed by atoms with E-state index in [0.29, 0.717) is 6.54 Å². The normalized spacial score (nSPS) is 24.6. The lowest BCUT2D eigenvalue weighted by atomic mass is 9.86. The number of benzene rings is 2. The standard InChI is InChI=1S/C20H22ClN4Si/c21-16-6-3-5-15(13-16)14-22-19-20(9-4-11-25(26)12-10-20)24-18-8-2-1-7-17(18)23-19/h1-3,5-8,13,24H,4,9-12,14H2,(H,22,23). The van der Waals surface area contributed by atoms with Crippen LogP contribution in [0.3, 0.4) is 0 Å². The van der Waals surface area contributed by atoms with Crippen LogP contribution in [0, 0.1) is 0 Å². The van der Waals surface area contributed by atoms with Crippen molar-refractivity contribution in [2.45, 2.75) is 31.3 Å². The minimum Gasteiger partial charge on any atom is -0.371 e. The predicted octanol–water partition coefficient (Wildman–Crippen LogP) is 4.08. The Labute approximate surface area is 163 Å². The van der Waals surface area contributed by atoms with E-state index >= 15 is 0 Å². The smallest absolute Gasteiger partial charge is 0.143 e. The van der Waals surface area contributed by atoms with Crippen LogP contribution in [0.1, 0.15) is 24.8 Å². The van der Waals surface area contributed by atoms with Gasteiger partial charge in [0.25, 0.3) is 0 Å². The van der Waals surface area contributed by atoms with E-state index < -0.39 is 0 Å². The fourth-order valence-electron chi connectivity index (χ4n) is 3.76. The molecule has 2 N–H and O–H groups in total. The highest BCUT2D eigenvalue weighted by Gasteiger charge is 2.40. The summed E-state index contributed by atoms with van der Waals surface area (Å²) < 4.78 is 2.21. The van der Waals surface area contributed by atoms with Gasteiger partial charge in [0, 0.05) is 5.02 Å². The van der Waals surface area contributed by atoms with Crippen molar-refractivity contribution >= 4 is 39.2 Å². The van der Waals surface area contributed by atoms with Gasteiger partial charge in [-0.1, -0.05) is 35.9 Å². The molecule has 4 nitrogen and oxygen atoms in total. The minimum absolute atomic E-state index is 0.158.